The van der Waals surface area contributed by atoms with E-state index in [1.54, 1.807) is 12.5 Å². The van der Waals surface area contributed by atoms with Crippen LogP contribution in [0.5, 0.6) is 5.75 Å². The zero-order chi connectivity index (χ0) is 12.1. The third-order valence-corrected chi connectivity index (χ3v) is 2.44. The highest BCUT2D eigenvalue weighted by atomic mass is 16.5. The maximum absolute atomic E-state index is 9.76. The summed E-state index contributed by atoms with van der Waals surface area (Å²) >= 11 is 0. The van der Waals surface area contributed by atoms with Gasteiger partial charge in [-0.2, -0.15) is 0 Å². The van der Waals surface area contributed by atoms with Crippen LogP contribution < -0.4 is 4.74 Å². The molecule has 0 bridgehead atoms. The van der Waals surface area contributed by atoms with Gasteiger partial charge in [0, 0.05) is 12.4 Å². The fourth-order valence-corrected chi connectivity index (χ4v) is 1.52. The molecule has 0 aliphatic heterocycles. The quantitative estimate of drug-likeness (QED) is 0.852. The van der Waals surface area contributed by atoms with Crippen molar-refractivity contribution in [2.45, 2.75) is 19.6 Å². The van der Waals surface area contributed by atoms with Crippen molar-refractivity contribution in [1.82, 2.24) is 9.55 Å². The second-order valence-corrected chi connectivity index (χ2v) is 4.04. The van der Waals surface area contributed by atoms with Gasteiger partial charge in [-0.1, -0.05) is 17.7 Å². The van der Waals surface area contributed by atoms with Crippen LogP contribution >= 0.6 is 0 Å². The molecule has 0 amide bonds. The van der Waals surface area contributed by atoms with Gasteiger partial charge in [-0.05, 0) is 19.1 Å². The van der Waals surface area contributed by atoms with E-state index in [0.29, 0.717) is 6.54 Å². The fraction of sp³-hybridized carbons (Fsp3) is 0.308. The van der Waals surface area contributed by atoms with Crippen molar-refractivity contribution in [3.8, 4) is 5.75 Å². The molecule has 1 heterocycles. The summed E-state index contributed by atoms with van der Waals surface area (Å²) in [7, 11) is 0. The molecule has 90 valence electrons. The second-order valence-electron chi connectivity index (χ2n) is 4.04. The molecule has 0 saturated heterocycles. The van der Waals surface area contributed by atoms with E-state index in [0.717, 1.165) is 5.75 Å². The molecule has 2 aromatic rings. The van der Waals surface area contributed by atoms with Crippen molar-refractivity contribution in [2.24, 2.45) is 0 Å². The number of benzene rings is 1. The number of aromatic nitrogens is 2. The fourth-order valence-electron chi connectivity index (χ4n) is 1.52. The number of rotatable bonds is 5. The van der Waals surface area contributed by atoms with Gasteiger partial charge in [0.1, 0.15) is 18.5 Å². The Balaban J connectivity index is 1.79. The molecular weight excluding hydrogens is 216 g/mol. The van der Waals surface area contributed by atoms with E-state index in [-0.39, 0.29) is 6.61 Å². The molecule has 17 heavy (non-hydrogen) atoms. The van der Waals surface area contributed by atoms with Gasteiger partial charge >= 0.3 is 0 Å². The number of nitrogens with zero attached hydrogens (tertiary/aromatic N) is 2. The van der Waals surface area contributed by atoms with Gasteiger partial charge in [-0.15, -0.1) is 0 Å². The second kappa shape index (κ2) is 5.50. The Kier molecular flexibility index (Phi) is 3.77. The first-order valence-corrected chi connectivity index (χ1v) is 5.57. The summed E-state index contributed by atoms with van der Waals surface area (Å²) in [6.07, 6.45) is 4.64. The summed E-state index contributed by atoms with van der Waals surface area (Å²) in [5, 5.41) is 9.76. The van der Waals surface area contributed by atoms with Crippen LogP contribution in [0.25, 0.3) is 0 Å². The van der Waals surface area contributed by atoms with Crippen LogP contribution in [0, 0.1) is 6.92 Å². The molecule has 4 nitrogen and oxygen atoms in total. The topological polar surface area (TPSA) is 47.3 Å². The van der Waals surface area contributed by atoms with Crippen molar-refractivity contribution < 1.29 is 9.84 Å². The minimum atomic E-state index is -0.537. The standard InChI is InChI=1S/C13H16N2O2/c1-11-2-4-13(5-3-11)17-9-12(16)8-15-7-6-14-10-15/h2-7,10,12,16H,8-9H2,1H3. The van der Waals surface area contributed by atoms with Crippen LogP contribution in [0.4, 0.5) is 0 Å². The molecule has 0 aliphatic rings. The van der Waals surface area contributed by atoms with Gasteiger partial charge < -0.3 is 14.4 Å². The number of imidazole rings is 1. The highest BCUT2D eigenvalue weighted by Gasteiger charge is 2.05. The molecule has 0 aliphatic carbocycles. The maximum Gasteiger partial charge on any atom is 0.119 e. The zero-order valence-corrected chi connectivity index (χ0v) is 9.78. The summed E-state index contributed by atoms with van der Waals surface area (Å²) in [5.74, 6) is 0.778. The summed E-state index contributed by atoms with van der Waals surface area (Å²) in [5.41, 5.74) is 1.19. The monoisotopic (exact) mass is 232 g/mol. The van der Waals surface area contributed by atoms with Gasteiger partial charge in [0.2, 0.25) is 0 Å². The van der Waals surface area contributed by atoms with Gasteiger partial charge in [0.05, 0.1) is 12.9 Å². The largest absolute Gasteiger partial charge is 0.491 e. The maximum atomic E-state index is 9.76. The first-order valence-electron chi connectivity index (χ1n) is 5.57. The molecule has 0 fully saturated rings. The molecule has 0 radical (unpaired) electrons. The van der Waals surface area contributed by atoms with Gasteiger partial charge in [-0.25, -0.2) is 4.98 Å². The van der Waals surface area contributed by atoms with E-state index in [2.05, 4.69) is 4.98 Å². The van der Waals surface area contributed by atoms with E-state index in [4.69, 9.17) is 4.74 Å². The van der Waals surface area contributed by atoms with Crippen LogP contribution in [-0.4, -0.2) is 27.4 Å². The molecule has 2 rings (SSSR count). The van der Waals surface area contributed by atoms with Crippen molar-refractivity contribution in [2.75, 3.05) is 6.61 Å². The van der Waals surface area contributed by atoms with E-state index in [9.17, 15) is 5.11 Å². The Morgan fingerprint density at radius 1 is 1.35 bits per heavy atom. The molecule has 4 heteroatoms. The minimum absolute atomic E-state index is 0.279. The van der Waals surface area contributed by atoms with E-state index < -0.39 is 6.10 Å². The lowest BCUT2D eigenvalue weighted by atomic mass is 10.2. The third-order valence-electron chi connectivity index (χ3n) is 2.44. The zero-order valence-electron chi connectivity index (χ0n) is 9.78. The Hall–Kier alpha value is -1.81. The average Bonchev–Trinajstić information content (AvgIpc) is 2.81. The average molecular weight is 232 g/mol. The lowest BCUT2D eigenvalue weighted by Gasteiger charge is -2.12. The number of aliphatic hydroxyl groups excluding tert-OH is 1. The summed E-state index contributed by atoms with van der Waals surface area (Å²) in [4.78, 5) is 3.91. The third kappa shape index (κ3) is 3.60. The highest BCUT2D eigenvalue weighted by Crippen LogP contribution is 2.11. The van der Waals surface area contributed by atoms with Crippen LogP contribution in [0.15, 0.2) is 43.0 Å². The van der Waals surface area contributed by atoms with Crippen LogP contribution in [-0.2, 0) is 6.54 Å². The predicted octanol–water partition coefficient (Wildman–Crippen LogP) is 1.63. The number of aliphatic hydroxyl groups is 1. The number of hydrogen-bond donors (Lipinski definition) is 1. The summed E-state index contributed by atoms with van der Waals surface area (Å²) < 4.78 is 7.31. The van der Waals surface area contributed by atoms with Gasteiger partial charge in [0.25, 0.3) is 0 Å². The minimum Gasteiger partial charge on any atom is -0.491 e. The predicted molar refractivity (Wildman–Crippen MR) is 64.9 cm³/mol. The van der Waals surface area contributed by atoms with E-state index >= 15 is 0 Å². The molecule has 1 atom stereocenters. The van der Waals surface area contributed by atoms with Crippen LogP contribution in [0.3, 0.4) is 0 Å². The van der Waals surface area contributed by atoms with Crippen molar-refractivity contribution >= 4 is 0 Å². The van der Waals surface area contributed by atoms with E-state index in [1.165, 1.54) is 5.56 Å². The van der Waals surface area contributed by atoms with Crippen molar-refractivity contribution in [3.63, 3.8) is 0 Å². The Morgan fingerprint density at radius 3 is 2.76 bits per heavy atom. The molecule has 1 unspecified atom stereocenters. The number of aryl methyl sites for hydroxylation is 1. The molecule has 0 spiro atoms. The number of hydrogen-bond acceptors (Lipinski definition) is 3. The lowest BCUT2D eigenvalue weighted by molar-refractivity contribution is 0.0925. The first-order chi connectivity index (χ1) is 8.24. The number of ether oxygens (including phenoxy) is 1. The summed E-state index contributed by atoms with van der Waals surface area (Å²) in [6, 6.07) is 7.77. The lowest BCUT2D eigenvalue weighted by Crippen LogP contribution is -2.22. The molecule has 0 saturated carbocycles. The SMILES string of the molecule is Cc1ccc(OCC(O)Cn2ccnc2)cc1. The Labute approximate surface area is 100 Å². The highest BCUT2D eigenvalue weighted by molar-refractivity contribution is 5.26. The molecule has 1 aromatic carbocycles. The normalized spacial score (nSPS) is 12.4. The van der Waals surface area contributed by atoms with E-state index in [1.807, 2.05) is 42.0 Å². The van der Waals surface area contributed by atoms with Gasteiger partial charge in [-0.3, -0.25) is 0 Å². The smallest absolute Gasteiger partial charge is 0.119 e. The van der Waals surface area contributed by atoms with Crippen LogP contribution in [0.1, 0.15) is 5.56 Å². The van der Waals surface area contributed by atoms with Crippen LogP contribution in [0.2, 0.25) is 0 Å². The molecule has 1 N–H and O–H groups in total. The van der Waals surface area contributed by atoms with Crippen molar-refractivity contribution in [1.29, 1.82) is 0 Å². The Morgan fingerprint density at radius 2 is 2.12 bits per heavy atom. The molecular formula is C13H16N2O2. The van der Waals surface area contributed by atoms with Gasteiger partial charge in [0.15, 0.2) is 0 Å². The Bertz CT molecular complexity index is 437. The van der Waals surface area contributed by atoms with Crippen molar-refractivity contribution in [3.05, 3.63) is 48.5 Å². The first kappa shape index (κ1) is 11.7. The molecule has 1 aromatic heterocycles. The summed E-state index contributed by atoms with van der Waals surface area (Å²) in [6.45, 7) is 2.80.